The van der Waals surface area contributed by atoms with Gasteiger partial charge in [0.25, 0.3) is 0 Å². The molecular weight excluding hydrogens is 582 g/mol. The number of hydrogen-bond acceptors (Lipinski definition) is 8. The van der Waals surface area contributed by atoms with Gasteiger partial charge in [0.05, 0.1) is 14.2 Å². The third kappa shape index (κ3) is 12.0. The van der Waals surface area contributed by atoms with Crippen molar-refractivity contribution >= 4 is 30.0 Å². The summed E-state index contributed by atoms with van der Waals surface area (Å²) in [6.07, 6.45) is 16.3. The normalized spacial score (nSPS) is 25.0. The van der Waals surface area contributed by atoms with Gasteiger partial charge in [-0.05, 0) is 70.8 Å². The lowest BCUT2D eigenvalue weighted by Crippen LogP contribution is -2.49. The molecule has 2 saturated carbocycles. The Balaban J connectivity index is 0.000000245. The number of carboxylic acid groups (broad SMARTS) is 1. The molecule has 3 atom stereocenters. The molecule has 3 saturated heterocycles. The van der Waals surface area contributed by atoms with Crippen LogP contribution in [0.1, 0.15) is 110 Å². The van der Waals surface area contributed by atoms with Gasteiger partial charge in [0.15, 0.2) is 0 Å². The zero-order chi connectivity index (χ0) is 31.9. The first-order chi connectivity index (χ1) is 21.2. The Morgan fingerprint density at radius 2 is 1.09 bits per heavy atom. The van der Waals surface area contributed by atoms with Gasteiger partial charge >= 0.3 is 30.0 Å². The molecule has 0 aromatic carbocycles. The van der Waals surface area contributed by atoms with Crippen LogP contribution >= 0.6 is 0 Å². The minimum absolute atomic E-state index is 0. The summed E-state index contributed by atoms with van der Waals surface area (Å²) in [5.74, 6) is -1.32. The van der Waals surface area contributed by atoms with Crippen molar-refractivity contribution in [2.75, 3.05) is 33.9 Å². The van der Waals surface area contributed by atoms with Crippen LogP contribution < -0.4 is 16.0 Å². The Bertz CT molecular complexity index is 948. The summed E-state index contributed by atoms with van der Waals surface area (Å²) in [4.78, 5) is 60.5. The van der Waals surface area contributed by atoms with Gasteiger partial charge in [0.1, 0.15) is 18.1 Å². The molecule has 5 fully saturated rings. The third-order valence-electron chi connectivity index (χ3n) is 9.20. The Kier molecular flexibility index (Phi) is 17.0. The number of ether oxygens (including phenoxy) is 2. The molecule has 13 heteroatoms. The number of urea groups is 2. The zero-order valence-corrected chi connectivity index (χ0v) is 26.5. The summed E-state index contributed by atoms with van der Waals surface area (Å²) in [7, 11) is 2.79. The quantitative estimate of drug-likeness (QED) is 0.327. The molecule has 3 heterocycles. The van der Waals surface area contributed by atoms with E-state index < -0.39 is 18.1 Å². The number of carbonyl (C=O) groups excluding carboxylic acids is 4. The van der Waals surface area contributed by atoms with Crippen molar-refractivity contribution in [1.82, 2.24) is 25.8 Å². The zero-order valence-electron chi connectivity index (χ0n) is 26.5. The average Bonchev–Trinajstić information content (AvgIpc) is 3.84. The van der Waals surface area contributed by atoms with E-state index >= 15 is 0 Å². The highest BCUT2D eigenvalue weighted by Gasteiger charge is 2.36. The van der Waals surface area contributed by atoms with Gasteiger partial charge in [-0.2, -0.15) is 0 Å². The highest BCUT2D eigenvalue weighted by molar-refractivity contribution is 5.84. The van der Waals surface area contributed by atoms with Gasteiger partial charge < -0.3 is 40.3 Å². The van der Waals surface area contributed by atoms with Crippen molar-refractivity contribution in [3.8, 4) is 0 Å². The van der Waals surface area contributed by atoms with E-state index in [4.69, 9.17) is 9.84 Å². The van der Waals surface area contributed by atoms with Crippen molar-refractivity contribution in [3.05, 3.63) is 0 Å². The van der Waals surface area contributed by atoms with Gasteiger partial charge in [-0.3, -0.25) is 4.79 Å². The highest BCUT2D eigenvalue weighted by Crippen LogP contribution is 2.22. The maximum Gasteiger partial charge on any atom is 0.328 e. The van der Waals surface area contributed by atoms with Crippen LogP contribution in [0.3, 0.4) is 0 Å². The Labute approximate surface area is 268 Å². The van der Waals surface area contributed by atoms with E-state index in [-0.39, 0.29) is 49.6 Å². The fraction of sp³-hybridized carbons (Fsp3) is 0.844. The molecule has 0 radical (unpaired) electrons. The van der Waals surface area contributed by atoms with E-state index in [1.807, 2.05) is 0 Å². The minimum atomic E-state index is -0.888. The lowest BCUT2D eigenvalue weighted by Gasteiger charge is -2.28. The van der Waals surface area contributed by atoms with E-state index in [1.54, 1.807) is 4.90 Å². The van der Waals surface area contributed by atoms with Crippen LogP contribution in [0.2, 0.25) is 0 Å². The first kappa shape index (κ1) is 38.1. The fourth-order valence-corrected chi connectivity index (χ4v) is 6.69. The van der Waals surface area contributed by atoms with E-state index in [0.29, 0.717) is 25.9 Å². The molecule has 0 aromatic heterocycles. The summed E-state index contributed by atoms with van der Waals surface area (Å²) >= 11 is 0. The van der Waals surface area contributed by atoms with Crippen molar-refractivity contribution < 1.29 is 38.6 Å². The molecule has 3 unspecified atom stereocenters. The number of likely N-dealkylation sites (tertiary alicyclic amines) is 2. The molecule has 4 N–H and O–H groups in total. The molecule has 0 aromatic rings. The second-order valence-corrected chi connectivity index (χ2v) is 12.3. The molecule has 4 amide bonds. The lowest BCUT2D eigenvalue weighted by molar-refractivity contribution is -0.145. The first-order valence-corrected chi connectivity index (χ1v) is 16.5. The van der Waals surface area contributed by atoms with Crippen LogP contribution in [0, 0.1) is 0 Å². The minimum Gasteiger partial charge on any atom is -0.480 e. The predicted molar refractivity (Wildman–Crippen MR) is 170 cm³/mol. The molecule has 13 nitrogen and oxygen atoms in total. The average molecular weight is 640 g/mol. The molecule has 3 aliphatic heterocycles. The number of carbonyl (C=O) groups is 5. The van der Waals surface area contributed by atoms with Crippen molar-refractivity contribution in [2.45, 2.75) is 140 Å². The fourth-order valence-electron chi connectivity index (χ4n) is 6.69. The molecule has 5 rings (SSSR count). The number of aliphatic carboxylic acids is 1. The van der Waals surface area contributed by atoms with E-state index in [1.165, 1.54) is 44.8 Å². The van der Waals surface area contributed by atoms with Crippen LogP contribution in [-0.4, -0.2) is 109 Å². The monoisotopic (exact) mass is 639 g/mol. The molecular formula is C32H57N5O8. The highest BCUT2D eigenvalue weighted by atomic mass is 16.5. The number of amides is 4. The van der Waals surface area contributed by atoms with Crippen LogP contribution in [-0.2, 0) is 23.9 Å². The Morgan fingerprint density at radius 3 is 1.51 bits per heavy atom. The smallest absolute Gasteiger partial charge is 0.328 e. The predicted octanol–water partition coefficient (Wildman–Crippen LogP) is 3.79. The van der Waals surface area contributed by atoms with Crippen LogP contribution in [0.5, 0.6) is 0 Å². The lowest BCUT2D eigenvalue weighted by atomic mass is 9.96. The number of rotatable bonds is 5. The van der Waals surface area contributed by atoms with Crippen molar-refractivity contribution in [2.24, 2.45) is 0 Å². The largest absolute Gasteiger partial charge is 0.480 e. The van der Waals surface area contributed by atoms with Gasteiger partial charge in [0, 0.05) is 25.2 Å². The summed E-state index contributed by atoms with van der Waals surface area (Å²) in [5, 5.41) is 18.1. The summed E-state index contributed by atoms with van der Waals surface area (Å²) in [6.45, 7) is 2.16. The summed E-state index contributed by atoms with van der Waals surface area (Å²) < 4.78 is 9.28. The number of methoxy groups -OCH3 is 2. The first-order valence-electron chi connectivity index (χ1n) is 16.5. The summed E-state index contributed by atoms with van der Waals surface area (Å²) in [5.41, 5.74) is 0. The SMILES string of the molecule is C.COC(=O)C1CCCN1.COC(=O)C1CCCN1C(=O)NC1CCCCC1.O=C(O)C1CCCN1C(=O)NC1CCCCC1. The molecule has 5 aliphatic rings. The molecule has 0 spiro atoms. The number of nitrogens with zero attached hydrogens (tertiary/aromatic N) is 2. The maximum absolute atomic E-state index is 12.2. The van der Waals surface area contributed by atoms with E-state index in [2.05, 4.69) is 20.7 Å². The number of esters is 2. The van der Waals surface area contributed by atoms with Gasteiger partial charge in [-0.25, -0.2) is 19.2 Å². The van der Waals surface area contributed by atoms with Crippen LogP contribution in [0.4, 0.5) is 9.59 Å². The second kappa shape index (κ2) is 20.1. The molecule has 2 aliphatic carbocycles. The molecule has 258 valence electrons. The van der Waals surface area contributed by atoms with E-state index in [0.717, 1.165) is 70.8 Å². The van der Waals surface area contributed by atoms with Crippen molar-refractivity contribution in [1.29, 1.82) is 0 Å². The third-order valence-corrected chi connectivity index (χ3v) is 9.20. The van der Waals surface area contributed by atoms with Crippen LogP contribution in [0.15, 0.2) is 0 Å². The number of hydrogen-bond donors (Lipinski definition) is 4. The van der Waals surface area contributed by atoms with E-state index in [9.17, 15) is 24.0 Å². The molecule has 45 heavy (non-hydrogen) atoms. The number of nitrogens with one attached hydrogen (secondary N) is 3. The standard InChI is InChI=1S/C13H22N2O3.C12H20N2O3.C6H11NO2.CH4/c1-18-12(16)11-8-5-9-15(11)13(17)14-10-6-3-2-4-7-10;15-11(16)10-7-4-8-14(10)12(17)13-9-5-2-1-3-6-9;1-9-6(8)5-3-2-4-7-5;/h10-11H,2-9H2,1H3,(H,14,17);9-10H,1-8H2,(H,13,17)(H,15,16);5,7H,2-4H2,1H3;1H4. The number of carboxylic acids is 1. The Morgan fingerprint density at radius 1 is 0.622 bits per heavy atom. The topological polar surface area (TPSA) is 167 Å². The molecule has 0 bridgehead atoms. The van der Waals surface area contributed by atoms with Gasteiger partial charge in [-0.1, -0.05) is 46.0 Å². The second-order valence-electron chi connectivity index (χ2n) is 12.3. The van der Waals surface area contributed by atoms with Crippen LogP contribution in [0.25, 0.3) is 0 Å². The van der Waals surface area contributed by atoms with Gasteiger partial charge in [0.2, 0.25) is 0 Å². The van der Waals surface area contributed by atoms with Gasteiger partial charge in [-0.15, -0.1) is 0 Å². The summed E-state index contributed by atoms with van der Waals surface area (Å²) in [6, 6.07) is -0.819. The Hall–Kier alpha value is -3.09. The van der Waals surface area contributed by atoms with Crippen molar-refractivity contribution in [3.63, 3.8) is 0 Å². The maximum atomic E-state index is 12.2.